The van der Waals surface area contributed by atoms with E-state index in [9.17, 15) is 17.6 Å². The molecule has 0 N–H and O–H groups in total. The van der Waals surface area contributed by atoms with Crippen LogP contribution in [0.25, 0.3) is 0 Å². The van der Waals surface area contributed by atoms with Crippen LogP contribution in [0.15, 0.2) is 12.1 Å². The van der Waals surface area contributed by atoms with E-state index < -0.39 is 24.3 Å². The van der Waals surface area contributed by atoms with E-state index in [1.54, 1.807) is 0 Å². The zero-order valence-corrected chi connectivity index (χ0v) is 15.7. The van der Waals surface area contributed by atoms with Gasteiger partial charge in [0.15, 0.2) is 24.3 Å². The average Bonchev–Trinajstić information content (AvgIpc) is 2.65. The molecule has 0 heterocycles. The molecule has 2 saturated carbocycles. The molecule has 2 aliphatic carbocycles. The monoisotopic (exact) mass is 374 g/mol. The van der Waals surface area contributed by atoms with Gasteiger partial charge in [-0.05, 0) is 74.8 Å². The minimum atomic E-state index is -1.40. The summed E-state index contributed by atoms with van der Waals surface area (Å²) in [5.74, 6) is -0.847. The first kappa shape index (κ1) is 21.2. The zero-order chi connectivity index (χ0) is 19.1. The van der Waals surface area contributed by atoms with Gasteiger partial charge in [-0.3, -0.25) is 0 Å². The fraction of sp³-hybridized carbons (Fsp3) is 0.714. The Hall–Kier alpha value is -1.10. The molecule has 0 aromatic heterocycles. The number of ether oxygens (including phenoxy) is 1. The molecule has 0 spiro atoms. The van der Waals surface area contributed by atoms with Crippen molar-refractivity contribution >= 4 is 0 Å². The van der Waals surface area contributed by atoms with Crippen molar-refractivity contribution in [3.8, 4) is 0 Å². The number of rotatable bonds is 3. The van der Waals surface area contributed by atoms with Crippen LogP contribution in [0.4, 0.5) is 17.6 Å². The molecule has 1 aromatic rings. The van der Waals surface area contributed by atoms with Gasteiger partial charge in [0, 0.05) is 0 Å². The fourth-order valence-electron chi connectivity index (χ4n) is 4.20. The van der Waals surface area contributed by atoms with Crippen molar-refractivity contribution in [2.45, 2.75) is 71.3 Å². The van der Waals surface area contributed by atoms with Crippen molar-refractivity contribution in [1.82, 2.24) is 0 Å². The normalized spacial score (nSPS) is 29.0. The molecule has 0 aliphatic heterocycles. The minimum absolute atomic E-state index is 0.110. The molecule has 1 aromatic carbocycles. The summed E-state index contributed by atoms with van der Waals surface area (Å²) in [7, 11) is 0. The molecule has 0 amide bonds. The third-order valence-electron chi connectivity index (χ3n) is 5.97. The molecule has 148 valence electrons. The molecular formula is C21H30F4O. The maximum atomic E-state index is 12.4. The van der Waals surface area contributed by atoms with Crippen molar-refractivity contribution in [2.24, 2.45) is 17.8 Å². The highest BCUT2D eigenvalue weighted by atomic mass is 19.2. The Bertz CT molecular complexity index is 520. The molecule has 0 radical (unpaired) electrons. The van der Waals surface area contributed by atoms with Crippen molar-refractivity contribution in [2.75, 3.05) is 6.86 Å². The van der Waals surface area contributed by atoms with Crippen LogP contribution < -0.4 is 0 Å². The van der Waals surface area contributed by atoms with Gasteiger partial charge in [0.25, 0.3) is 0 Å². The minimum Gasteiger partial charge on any atom is -0.347 e. The van der Waals surface area contributed by atoms with Gasteiger partial charge in [-0.1, -0.05) is 25.8 Å². The molecule has 3 rings (SSSR count). The number of hydrogen-bond donors (Lipinski definition) is 0. The highest BCUT2D eigenvalue weighted by Crippen LogP contribution is 2.40. The Morgan fingerprint density at radius 3 is 1.88 bits per heavy atom. The van der Waals surface area contributed by atoms with Crippen molar-refractivity contribution in [3.05, 3.63) is 35.1 Å². The van der Waals surface area contributed by atoms with Crippen molar-refractivity contribution in [1.29, 1.82) is 0 Å². The summed E-state index contributed by atoms with van der Waals surface area (Å²) < 4.78 is 53.9. The molecule has 0 atom stereocenters. The van der Waals surface area contributed by atoms with Gasteiger partial charge in [-0.15, -0.1) is 0 Å². The van der Waals surface area contributed by atoms with Gasteiger partial charge in [0.05, 0.1) is 6.10 Å². The van der Waals surface area contributed by atoms with Crippen LogP contribution in [-0.4, -0.2) is 13.0 Å². The van der Waals surface area contributed by atoms with Crippen LogP contribution in [0, 0.1) is 42.1 Å². The lowest BCUT2D eigenvalue weighted by molar-refractivity contribution is -0.0345. The van der Waals surface area contributed by atoms with E-state index in [4.69, 9.17) is 4.74 Å². The summed E-state index contributed by atoms with van der Waals surface area (Å²) in [5, 5.41) is 0. The average molecular weight is 374 g/mol. The Morgan fingerprint density at radius 1 is 0.846 bits per heavy atom. The number of aryl methyl sites for hydroxylation is 1. The molecule has 26 heavy (non-hydrogen) atoms. The molecule has 2 fully saturated rings. The topological polar surface area (TPSA) is 9.23 Å². The van der Waals surface area contributed by atoms with Crippen LogP contribution in [0.2, 0.25) is 0 Å². The van der Waals surface area contributed by atoms with Crippen LogP contribution in [-0.2, 0) is 4.74 Å². The maximum absolute atomic E-state index is 12.4. The molecule has 1 nitrogen and oxygen atoms in total. The van der Waals surface area contributed by atoms with E-state index in [0.29, 0.717) is 0 Å². The number of hydrogen-bond acceptors (Lipinski definition) is 1. The first-order valence-electron chi connectivity index (χ1n) is 9.70. The van der Waals surface area contributed by atoms with E-state index in [1.807, 2.05) is 0 Å². The third kappa shape index (κ3) is 5.97. The predicted molar refractivity (Wildman–Crippen MR) is 95.0 cm³/mol. The largest absolute Gasteiger partial charge is 0.347 e. The summed E-state index contributed by atoms with van der Waals surface area (Å²) >= 11 is 0. The molecule has 0 unspecified atom stereocenters. The summed E-state index contributed by atoms with van der Waals surface area (Å²) in [5.41, 5.74) is 0.110. The summed E-state index contributed by atoms with van der Waals surface area (Å²) in [4.78, 5) is 0. The second-order valence-corrected chi connectivity index (χ2v) is 7.82. The van der Waals surface area contributed by atoms with Crippen molar-refractivity contribution < 1.29 is 22.3 Å². The van der Waals surface area contributed by atoms with E-state index in [0.717, 1.165) is 36.7 Å². The molecule has 0 bridgehead atoms. The van der Waals surface area contributed by atoms with Crippen LogP contribution in [0.5, 0.6) is 0 Å². The molecule has 0 saturated heterocycles. The number of benzene rings is 1. The lowest BCUT2D eigenvalue weighted by atomic mass is 9.71. The number of alkyl halides is 1. The van der Waals surface area contributed by atoms with Crippen LogP contribution in [0.3, 0.4) is 0 Å². The Balaban J connectivity index is 0.000000209. The van der Waals surface area contributed by atoms with Gasteiger partial charge >= 0.3 is 0 Å². The lowest BCUT2D eigenvalue weighted by Gasteiger charge is -2.36. The SMILES string of the molecule is CC1CCC(C2CCC(OCF)CC2)CC1.Cc1ccc(F)c(F)c1F. The second kappa shape index (κ2) is 10.3. The van der Waals surface area contributed by atoms with Crippen molar-refractivity contribution in [3.63, 3.8) is 0 Å². The Morgan fingerprint density at radius 2 is 1.38 bits per heavy atom. The van der Waals surface area contributed by atoms with E-state index in [2.05, 4.69) is 6.92 Å². The second-order valence-electron chi connectivity index (χ2n) is 7.82. The van der Waals surface area contributed by atoms with E-state index in [-0.39, 0.29) is 11.7 Å². The van der Waals surface area contributed by atoms with Gasteiger partial charge in [-0.2, -0.15) is 0 Å². The summed E-state index contributed by atoms with van der Waals surface area (Å²) in [6, 6.07) is 2.08. The lowest BCUT2D eigenvalue weighted by Crippen LogP contribution is -2.28. The number of halogens is 4. The van der Waals surface area contributed by atoms with Gasteiger partial charge < -0.3 is 4.74 Å². The molecule has 5 heteroatoms. The maximum Gasteiger partial charge on any atom is 0.194 e. The first-order chi connectivity index (χ1) is 12.4. The van der Waals surface area contributed by atoms with Gasteiger partial charge in [-0.25, -0.2) is 17.6 Å². The smallest absolute Gasteiger partial charge is 0.194 e. The standard InChI is InChI=1S/C14H25FO.C7H5F3/c1-11-2-4-12(5-3-11)13-6-8-14(9-7-13)16-10-15;1-4-2-3-5(8)7(10)6(4)9/h11-14H,2-10H2,1H3;2-3H,1H3. The Kier molecular flexibility index (Phi) is 8.39. The molecule has 2 aliphatic rings. The zero-order valence-electron chi connectivity index (χ0n) is 15.7. The highest BCUT2D eigenvalue weighted by Gasteiger charge is 2.30. The highest BCUT2D eigenvalue weighted by molar-refractivity contribution is 5.18. The predicted octanol–water partition coefficient (Wildman–Crippen LogP) is 6.73. The van der Waals surface area contributed by atoms with Gasteiger partial charge in [0.1, 0.15) is 0 Å². The van der Waals surface area contributed by atoms with Crippen LogP contribution in [0.1, 0.15) is 63.9 Å². The molecular weight excluding hydrogens is 344 g/mol. The summed E-state index contributed by atoms with van der Waals surface area (Å²) in [6.45, 7) is 3.15. The Labute approximate surface area is 154 Å². The van der Waals surface area contributed by atoms with Crippen LogP contribution >= 0.6 is 0 Å². The fourth-order valence-corrected chi connectivity index (χ4v) is 4.20. The van der Waals surface area contributed by atoms with E-state index in [1.165, 1.54) is 51.5 Å². The van der Waals surface area contributed by atoms with E-state index >= 15 is 0 Å². The third-order valence-corrected chi connectivity index (χ3v) is 5.97. The first-order valence-corrected chi connectivity index (χ1v) is 9.70. The van der Waals surface area contributed by atoms with Gasteiger partial charge in [0.2, 0.25) is 0 Å². The summed E-state index contributed by atoms with van der Waals surface area (Å²) in [6.07, 6.45) is 10.6. The quantitative estimate of drug-likeness (QED) is 0.421.